The minimum absolute atomic E-state index is 0.0242. The average Bonchev–Trinajstić information content (AvgIpc) is 2.72. The van der Waals surface area contributed by atoms with Crippen LogP contribution in [0.15, 0.2) is 66.7 Å². The first-order valence-electron chi connectivity index (χ1n) is 9.17. The van der Waals surface area contributed by atoms with Gasteiger partial charge in [0.1, 0.15) is 11.3 Å². The second kappa shape index (κ2) is 9.01. The lowest BCUT2D eigenvalue weighted by Gasteiger charge is -2.16. The number of hydrogen-bond acceptors (Lipinski definition) is 5. The van der Waals surface area contributed by atoms with E-state index >= 15 is 0 Å². The molecule has 0 unspecified atom stereocenters. The van der Waals surface area contributed by atoms with Gasteiger partial charge in [-0.3, -0.25) is 9.59 Å². The molecule has 0 aliphatic heterocycles. The normalized spacial score (nSPS) is 11.6. The molecule has 3 aromatic carbocycles. The van der Waals surface area contributed by atoms with Crippen molar-refractivity contribution < 1.29 is 24.2 Å². The lowest BCUT2D eigenvalue weighted by atomic mass is 10.0. The highest BCUT2D eigenvalue weighted by molar-refractivity contribution is 6.01. The molecule has 0 saturated carbocycles. The summed E-state index contributed by atoms with van der Waals surface area (Å²) in [4.78, 5) is 36.3. The predicted molar refractivity (Wildman–Crippen MR) is 109 cm³/mol. The average molecular weight is 391 g/mol. The van der Waals surface area contributed by atoms with Crippen LogP contribution in [0.2, 0.25) is 0 Å². The smallest absolute Gasteiger partial charge is 0.342 e. The second-order valence-electron chi connectivity index (χ2n) is 6.68. The third kappa shape index (κ3) is 4.99. The first-order valence-corrected chi connectivity index (χ1v) is 9.17. The van der Waals surface area contributed by atoms with E-state index in [1.165, 1.54) is 13.0 Å². The van der Waals surface area contributed by atoms with Gasteiger partial charge in [0, 0.05) is 5.39 Å². The number of esters is 1. The summed E-state index contributed by atoms with van der Waals surface area (Å²) < 4.78 is 5.03. The zero-order valence-corrected chi connectivity index (χ0v) is 15.9. The Kier molecular flexibility index (Phi) is 6.24. The number of benzene rings is 3. The van der Waals surface area contributed by atoms with Gasteiger partial charge in [-0.1, -0.05) is 60.7 Å². The maximum atomic E-state index is 12.3. The number of carbonyl (C=O) groups excluding carboxylic acids is 3. The van der Waals surface area contributed by atoms with Crippen LogP contribution in [0.3, 0.4) is 0 Å². The molecule has 3 rings (SSSR count). The monoisotopic (exact) mass is 391 g/mol. The number of Topliss-reactive ketones (excluding diaryl/α,β-unsaturated/α-hetero) is 1. The van der Waals surface area contributed by atoms with Crippen LogP contribution in [-0.4, -0.2) is 35.4 Å². The van der Waals surface area contributed by atoms with Crippen LogP contribution in [0.1, 0.15) is 22.8 Å². The fraction of sp³-hybridized carbons (Fsp3) is 0.174. The minimum Gasteiger partial charge on any atom is -0.506 e. The number of rotatable bonds is 7. The summed E-state index contributed by atoms with van der Waals surface area (Å²) in [6, 6.07) is 18.8. The van der Waals surface area contributed by atoms with Gasteiger partial charge >= 0.3 is 5.97 Å². The van der Waals surface area contributed by atoms with Crippen molar-refractivity contribution in [3.8, 4) is 5.75 Å². The molecule has 6 heteroatoms. The molecule has 0 bridgehead atoms. The highest BCUT2D eigenvalue weighted by Gasteiger charge is 2.20. The van der Waals surface area contributed by atoms with Crippen LogP contribution >= 0.6 is 0 Å². The zero-order valence-electron chi connectivity index (χ0n) is 15.9. The molecule has 0 saturated heterocycles. The Morgan fingerprint density at radius 2 is 1.66 bits per heavy atom. The highest BCUT2D eigenvalue weighted by Crippen LogP contribution is 2.28. The van der Waals surface area contributed by atoms with Crippen molar-refractivity contribution in [2.45, 2.75) is 19.4 Å². The van der Waals surface area contributed by atoms with Crippen LogP contribution in [0.25, 0.3) is 10.8 Å². The van der Waals surface area contributed by atoms with Crippen LogP contribution in [0.5, 0.6) is 5.75 Å². The van der Waals surface area contributed by atoms with Crippen LogP contribution < -0.4 is 5.32 Å². The van der Waals surface area contributed by atoms with Gasteiger partial charge in [-0.05, 0) is 30.4 Å². The summed E-state index contributed by atoms with van der Waals surface area (Å²) in [6.45, 7) is 0.844. The molecule has 148 valence electrons. The number of aromatic hydroxyl groups is 1. The summed E-state index contributed by atoms with van der Waals surface area (Å²) in [6.07, 6.45) is 0.349. The molecule has 0 fully saturated rings. The van der Waals surface area contributed by atoms with E-state index in [9.17, 15) is 19.5 Å². The van der Waals surface area contributed by atoms with Crippen molar-refractivity contribution >= 4 is 28.4 Å². The topological polar surface area (TPSA) is 92.7 Å². The maximum Gasteiger partial charge on any atom is 0.342 e. The fourth-order valence-corrected chi connectivity index (χ4v) is 3.01. The van der Waals surface area contributed by atoms with Gasteiger partial charge in [-0.15, -0.1) is 0 Å². The lowest BCUT2D eigenvalue weighted by molar-refractivity contribution is -0.128. The van der Waals surface area contributed by atoms with Crippen molar-refractivity contribution in [3.63, 3.8) is 0 Å². The SMILES string of the molecule is CC(=O)[C@@H](Cc1ccccc1)NC(=O)COC(=O)c1ccc2ccccc2c1O. The summed E-state index contributed by atoms with van der Waals surface area (Å²) >= 11 is 0. The maximum absolute atomic E-state index is 12.3. The van der Waals surface area contributed by atoms with Crippen molar-refractivity contribution in [1.82, 2.24) is 5.32 Å². The van der Waals surface area contributed by atoms with Crippen LogP contribution in [0, 0.1) is 0 Å². The number of carbonyl (C=O) groups is 3. The molecular weight excluding hydrogens is 370 g/mol. The molecule has 0 spiro atoms. The molecule has 0 aromatic heterocycles. The molecule has 0 radical (unpaired) electrons. The van der Waals surface area contributed by atoms with Crippen molar-refractivity contribution in [2.24, 2.45) is 0 Å². The predicted octanol–water partition coefficient (Wildman–Crippen LogP) is 3.02. The van der Waals surface area contributed by atoms with E-state index in [4.69, 9.17) is 4.74 Å². The first kappa shape index (κ1) is 20.1. The van der Waals surface area contributed by atoms with E-state index in [0.29, 0.717) is 11.8 Å². The Labute approximate surface area is 168 Å². The van der Waals surface area contributed by atoms with Gasteiger partial charge in [0.25, 0.3) is 5.91 Å². The lowest BCUT2D eigenvalue weighted by Crippen LogP contribution is -2.43. The Morgan fingerprint density at radius 3 is 2.38 bits per heavy atom. The van der Waals surface area contributed by atoms with Gasteiger partial charge < -0.3 is 15.2 Å². The van der Waals surface area contributed by atoms with E-state index in [2.05, 4.69) is 5.32 Å². The standard InChI is InChI=1S/C23H21NO5/c1-15(25)20(13-16-7-3-2-4-8-16)24-21(26)14-29-23(28)19-12-11-17-9-5-6-10-18(17)22(19)27/h2-12,20,27H,13-14H2,1H3,(H,24,26)/t20-/m1/s1. The number of nitrogens with one attached hydrogen (secondary N) is 1. The molecular formula is C23H21NO5. The van der Waals surface area contributed by atoms with Gasteiger partial charge in [-0.2, -0.15) is 0 Å². The third-order valence-electron chi connectivity index (χ3n) is 4.56. The second-order valence-corrected chi connectivity index (χ2v) is 6.68. The highest BCUT2D eigenvalue weighted by atomic mass is 16.5. The van der Waals surface area contributed by atoms with Crippen molar-refractivity contribution in [3.05, 3.63) is 77.9 Å². The van der Waals surface area contributed by atoms with E-state index in [1.807, 2.05) is 42.5 Å². The van der Waals surface area contributed by atoms with Gasteiger partial charge in [-0.25, -0.2) is 4.79 Å². The summed E-state index contributed by atoms with van der Waals surface area (Å²) in [5, 5.41) is 14.2. The number of fused-ring (bicyclic) bond motifs is 1. The molecule has 1 amide bonds. The molecule has 0 heterocycles. The van der Waals surface area contributed by atoms with Crippen LogP contribution in [0.4, 0.5) is 0 Å². The number of hydrogen-bond donors (Lipinski definition) is 2. The largest absolute Gasteiger partial charge is 0.506 e. The Hall–Kier alpha value is -3.67. The van der Waals surface area contributed by atoms with E-state index in [1.54, 1.807) is 18.2 Å². The van der Waals surface area contributed by atoms with E-state index < -0.39 is 24.5 Å². The Balaban J connectivity index is 1.61. The first-order chi connectivity index (χ1) is 14.0. The van der Waals surface area contributed by atoms with Crippen molar-refractivity contribution in [2.75, 3.05) is 6.61 Å². The van der Waals surface area contributed by atoms with E-state index in [-0.39, 0.29) is 17.1 Å². The Bertz CT molecular complexity index is 1050. The minimum atomic E-state index is -0.814. The molecule has 0 aliphatic rings. The summed E-state index contributed by atoms with van der Waals surface area (Å²) in [5.74, 6) is -1.79. The molecule has 1 atom stereocenters. The molecule has 3 aromatic rings. The van der Waals surface area contributed by atoms with Crippen molar-refractivity contribution in [1.29, 1.82) is 0 Å². The summed E-state index contributed by atoms with van der Waals surface area (Å²) in [7, 11) is 0. The zero-order chi connectivity index (χ0) is 20.8. The van der Waals surface area contributed by atoms with Crippen LogP contribution in [-0.2, 0) is 20.7 Å². The van der Waals surface area contributed by atoms with Gasteiger partial charge in [0.2, 0.25) is 0 Å². The molecule has 6 nitrogen and oxygen atoms in total. The molecule has 29 heavy (non-hydrogen) atoms. The number of ether oxygens (including phenoxy) is 1. The number of phenolic OH excluding ortho intramolecular Hbond substituents is 1. The number of ketones is 1. The van der Waals surface area contributed by atoms with E-state index in [0.717, 1.165) is 10.9 Å². The number of amides is 1. The molecule has 0 aliphatic carbocycles. The third-order valence-corrected chi connectivity index (χ3v) is 4.56. The van der Waals surface area contributed by atoms with Gasteiger partial charge in [0.05, 0.1) is 6.04 Å². The number of phenols is 1. The Morgan fingerprint density at radius 1 is 0.966 bits per heavy atom. The fourth-order valence-electron chi connectivity index (χ4n) is 3.01. The summed E-state index contributed by atoms with van der Waals surface area (Å²) in [5.41, 5.74) is 0.884. The van der Waals surface area contributed by atoms with Gasteiger partial charge in [0.15, 0.2) is 12.4 Å². The quantitative estimate of drug-likeness (QED) is 0.604. The molecule has 2 N–H and O–H groups in total.